The molecule has 0 atom stereocenters. The van der Waals surface area contributed by atoms with Crippen LogP contribution in [-0.4, -0.2) is 19.5 Å². The van der Waals surface area contributed by atoms with Gasteiger partial charge in [-0.2, -0.15) is 0 Å². The Labute approximate surface area is 106 Å². The molecule has 0 aliphatic rings. The Morgan fingerprint density at radius 3 is 2.28 bits per heavy atom. The van der Waals surface area contributed by atoms with Crippen LogP contribution in [0.15, 0.2) is 11.1 Å². The van der Waals surface area contributed by atoms with E-state index in [1.165, 1.54) is 0 Å². The average molecular weight is 248 g/mol. The van der Waals surface area contributed by atoms with Gasteiger partial charge < -0.3 is 9.55 Å². The summed E-state index contributed by atoms with van der Waals surface area (Å²) in [5.41, 5.74) is 0.535. The van der Waals surface area contributed by atoms with E-state index in [-0.39, 0.29) is 16.5 Å². The summed E-state index contributed by atoms with van der Waals surface area (Å²) >= 11 is 0. The fraction of sp³-hybridized carbons (Fsp3) is 0.615. The van der Waals surface area contributed by atoms with Crippen molar-refractivity contribution in [1.82, 2.24) is 19.5 Å². The zero-order chi connectivity index (χ0) is 13.7. The Hall–Kier alpha value is -1.65. The molecule has 0 bridgehead atoms. The van der Waals surface area contributed by atoms with Crippen LogP contribution in [0.1, 0.15) is 47.4 Å². The van der Waals surface area contributed by atoms with Gasteiger partial charge in [0.25, 0.3) is 5.56 Å². The molecule has 2 rings (SSSR count). The van der Waals surface area contributed by atoms with Gasteiger partial charge in [0.05, 0.1) is 6.33 Å². The van der Waals surface area contributed by atoms with E-state index in [1.807, 2.05) is 25.3 Å². The molecule has 0 amide bonds. The molecule has 0 fully saturated rings. The van der Waals surface area contributed by atoms with E-state index < -0.39 is 0 Å². The van der Waals surface area contributed by atoms with Gasteiger partial charge in [-0.25, -0.2) is 9.97 Å². The molecule has 2 aromatic heterocycles. The normalized spacial score (nSPS) is 13.2. The third-order valence-electron chi connectivity index (χ3n) is 2.84. The van der Waals surface area contributed by atoms with Gasteiger partial charge in [0.15, 0.2) is 11.2 Å². The second kappa shape index (κ2) is 3.67. The monoisotopic (exact) mass is 248 g/mol. The zero-order valence-electron chi connectivity index (χ0n) is 11.8. The van der Waals surface area contributed by atoms with Gasteiger partial charge in [-0.15, -0.1) is 0 Å². The summed E-state index contributed by atoms with van der Waals surface area (Å²) < 4.78 is 1.94. The smallest absolute Gasteiger partial charge is 0.279 e. The highest BCUT2D eigenvalue weighted by atomic mass is 16.1. The average Bonchev–Trinajstić information content (AvgIpc) is 2.59. The first kappa shape index (κ1) is 12.8. The lowest BCUT2D eigenvalue weighted by Gasteiger charge is -2.22. The Morgan fingerprint density at radius 1 is 1.17 bits per heavy atom. The Morgan fingerprint density at radius 2 is 1.78 bits per heavy atom. The first-order valence-corrected chi connectivity index (χ1v) is 6.09. The summed E-state index contributed by atoms with van der Waals surface area (Å²) in [7, 11) is 0. The van der Waals surface area contributed by atoms with Crippen molar-refractivity contribution in [3.63, 3.8) is 0 Å². The summed E-state index contributed by atoms with van der Waals surface area (Å²) in [6, 6.07) is 0. The van der Waals surface area contributed by atoms with Gasteiger partial charge in [-0.3, -0.25) is 4.79 Å². The molecule has 0 aliphatic heterocycles. The minimum Gasteiger partial charge on any atom is -0.310 e. The molecule has 0 radical (unpaired) electrons. The van der Waals surface area contributed by atoms with Crippen molar-refractivity contribution in [2.75, 3.05) is 0 Å². The second-order valence-corrected chi connectivity index (χ2v) is 6.62. The first-order valence-electron chi connectivity index (χ1n) is 6.09. The Kier molecular flexibility index (Phi) is 2.61. The van der Waals surface area contributed by atoms with Crippen LogP contribution in [0, 0.1) is 0 Å². The SMILES string of the molecule is CC(C)(C)c1nc2c(ncn2C(C)(C)C)c(=O)[nH]1. The standard InChI is InChI=1S/C13H20N4O/c1-12(2,3)11-15-9-8(10(18)16-11)14-7-17(9)13(4,5)6/h7H,1-6H3,(H,15,16,18). The maximum Gasteiger partial charge on any atom is 0.279 e. The number of aromatic amines is 1. The topological polar surface area (TPSA) is 63.6 Å². The van der Waals surface area contributed by atoms with E-state index >= 15 is 0 Å². The molecular formula is C13H20N4O. The van der Waals surface area contributed by atoms with Gasteiger partial charge in [-0.1, -0.05) is 20.8 Å². The number of imidazole rings is 1. The van der Waals surface area contributed by atoms with Crippen LogP contribution in [0.5, 0.6) is 0 Å². The van der Waals surface area contributed by atoms with Gasteiger partial charge in [-0.05, 0) is 20.8 Å². The lowest BCUT2D eigenvalue weighted by molar-refractivity contribution is 0.404. The van der Waals surface area contributed by atoms with Crippen molar-refractivity contribution in [2.24, 2.45) is 0 Å². The molecule has 2 aromatic rings. The van der Waals surface area contributed by atoms with E-state index in [0.717, 1.165) is 0 Å². The molecule has 0 aliphatic carbocycles. The van der Waals surface area contributed by atoms with E-state index in [4.69, 9.17) is 0 Å². The van der Waals surface area contributed by atoms with E-state index in [1.54, 1.807) is 6.33 Å². The minimum absolute atomic E-state index is 0.148. The summed E-state index contributed by atoms with van der Waals surface area (Å²) in [4.78, 5) is 23.6. The molecule has 18 heavy (non-hydrogen) atoms. The molecule has 5 nitrogen and oxygen atoms in total. The van der Waals surface area contributed by atoms with Gasteiger partial charge >= 0.3 is 0 Å². The fourth-order valence-electron chi connectivity index (χ4n) is 1.76. The lowest BCUT2D eigenvalue weighted by atomic mass is 9.96. The van der Waals surface area contributed by atoms with Crippen molar-refractivity contribution >= 4 is 11.2 Å². The lowest BCUT2D eigenvalue weighted by Crippen LogP contribution is -2.25. The number of aromatic nitrogens is 4. The largest absolute Gasteiger partial charge is 0.310 e. The maximum atomic E-state index is 12.0. The van der Waals surface area contributed by atoms with Crippen LogP contribution < -0.4 is 5.56 Å². The minimum atomic E-state index is -0.194. The highest BCUT2D eigenvalue weighted by Gasteiger charge is 2.23. The highest BCUT2D eigenvalue weighted by Crippen LogP contribution is 2.22. The van der Waals surface area contributed by atoms with Crippen LogP contribution in [0.2, 0.25) is 0 Å². The molecule has 0 spiro atoms. The molecule has 98 valence electrons. The third kappa shape index (κ3) is 2.05. The molecule has 0 unspecified atom stereocenters. The Balaban J connectivity index is 2.81. The number of nitrogens with zero attached hydrogens (tertiary/aromatic N) is 3. The van der Waals surface area contributed by atoms with Gasteiger partial charge in [0.2, 0.25) is 0 Å². The van der Waals surface area contributed by atoms with Gasteiger partial charge in [0, 0.05) is 11.0 Å². The van der Waals surface area contributed by atoms with Crippen LogP contribution in [0.4, 0.5) is 0 Å². The summed E-state index contributed by atoms with van der Waals surface area (Å²) in [5, 5.41) is 0. The predicted molar refractivity (Wildman–Crippen MR) is 71.8 cm³/mol. The van der Waals surface area contributed by atoms with Crippen molar-refractivity contribution in [2.45, 2.75) is 52.5 Å². The van der Waals surface area contributed by atoms with Gasteiger partial charge in [0.1, 0.15) is 5.82 Å². The zero-order valence-corrected chi connectivity index (χ0v) is 11.8. The third-order valence-corrected chi connectivity index (χ3v) is 2.84. The van der Waals surface area contributed by atoms with Crippen LogP contribution in [-0.2, 0) is 11.0 Å². The molecule has 0 aromatic carbocycles. The first-order chi connectivity index (χ1) is 8.10. The van der Waals surface area contributed by atoms with Crippen molar-refractivity contribution in [1.29, 1.82) is 0 Å². The summed E-state index contributed by atoms with van der Waals surface area (Å²) in [5.74, 6) is 0.686. The van der Waals surface area contributed by atoms with E-state index in [0.29, 0.717) is 17.0 Å². The number of nitrogens with one attached hydrogen (secondary N) is 1. The molecular weight excluding hydrogens is 228 g/mol. The van der Waals surface area contributed by atoms with Crippen LogP contribution in [0.3, 0.4) is 0 Å². The van der Waals surface area contributed by atoms with E-state index in [2.05, 4.69) is 35.7 Å². The molecule has 1 N–H and O–H groups in total. The quantitative estimate of drug-likeness (QED) is 0.777. The molecule has 0 saturated carbocycles. The Bertz CT molecular complexity index is 638. The highest BCUT2D eigenvalue weighted by molar-refractivity contribution is 5.69. The second-order valence-electron chi connectivity index (χ2n) is 6.62. The summed E-state index contributed by atoms with van der Waals surface area (Å²) in [6.07, 6.45) is 1.68. The maximum absolute atomic E-state index is 12.0. The number of rotatable bonds is 0. The number of hydrogen-bond donors (Lipinski definition) is 1. The van der Waals surface area contributed by atoms with Crippen molar-refractivity contribution in [3.8, 4) is 0 Å². The predicted octanol–water partition coefficient (Wildman–Crippen LogP) is 2.17. The summed E-state index contributed by atoms with van der Waals surface area (Å²) in [6.45, 7) is 12.3. The van der Waals surface area contributed by atoms with E-state index in [9.17, 15) is 4.79 Å². The number of fused-ring (bicyclic) bond motifs is 1. The number of H-pyrrole nitrogens is 1. The van der Waals surface area contributed by atoms with Crippen molar-refractivity contribution < 1.29 is 0 Å². The molecule has 5 heteroatoms. The molecule has 2 heterocycles. The van der Waals surface area contributed by atoms with Crippen LogP contribution >= 0.6 is 0 Å². The van der Waals surface area contributed by atoms with Crippen molar-refractivity contribution in [3.05, 3.63) is 22.5 Å². The molecule has 0 saturated heterocycles. The van der Waals surface area contributed by atoms with Crippen LogP contribution in [0.25, 0.3) is 11.2 Å². The fourth-order valence-corrected chi connectivity index (χ4v) is 1.76. The number of hydrogen-bond acceptors (Lipinski definition) is 3.